The fourth-order valence-electron chi connectivity index (χ4n) is 4.93. The summed E-state index contributed by atoms with van der Waals surface area (Å²) in [5, 5.41) is 0. The summed E-state index contributed by atoms with van der Waals surface area (Å²) >= 11 is 0. The van der Waals surface area contributed by atoms with Crippen LogP contribution in [0.4, 0.5) is 0 Å². The molecule has 0 atom stereocenters. The first kappa shape index (κ1) is 21.2. The molecule has 0 spiro atoms. The molecular weight excluding hydrogens is 398 g/mol. The smallest absolute Gasteiger partial charge is 0.236 e. The highest BCUT2D eigenvalue weighted by atomic mass is 16.2. The van der Waals surface area contributed by atoms with Crippen LogP contribution in [-0.2, 0) is 17.9 Å². The quantitative estimate of drug-likeness (QED) is 0.601. The molecule has 2 fully saturated rings. The van der Waals surface area contributed by atoms with Gasteiger partial charge in [0, 0.05) is 45.8 Å². The number of piperazine rings is 1. The summed E-state index contributed by atoms with van der Waals surface area (Å²) in [7, 11) is 0. The summed E-state index contributed by atoms with van der Waals surface area (Å²) in [4.78, 5) is 24.4. The van der Waals surface area contributed by atoms with Crippen LogP contribution in [0.1, 0.15) is 30.7 Å². The highest BCUT2D eigenvalue weighted by Gasteiger charge is 2.24. The van der Waals surface area contributed by atoms with Crippen molar-refractivity contribution >= 4 is 16.9 Å². The van der Waals surface area contributed by atoms with Gasteiger partial charge in [-0.3, -0.25) is 14.6 Å². The van der Waals surface area contributed by atoms with Gasteiger partial charge in [0.2, 0.25) is 5.91 Å². The molecule has 6 nitrogen and oxygen atoms in total. The maximum atomic E-state index is 12.6. The number of piperidine rings is 1. The molecule has 168 valence electrons. The molecule has 2 aromatic carbocycles. The third-order valence-electron chi connectivity index (χ3n) is 6.81. The van der Waals surface area contributed by atoms with Gasteiger partial charge in [0.1, 0.15) is 5.82 Å². The topological polar surface area (TPSA) is 44.6 Å². The van der Waals surface area contributed by atoms with Crippen molar-refractivity contribution in [3.05, 3.63) is 66.0 Å². The average Bonchev–Trinajstić information content (AvgIpc) is 3.18. The summed E-state index contributed by atoms with van der Waals surface area (Å²) < 4.78 is 2.36. The lowest BCUT2D eigenvalue weighted by Gasteiger charge is -2.36. The van der Waals surface area contributed by atoms with Crippen molar-refractivity contribution in [2.45, 2.75) is 32.4 Å². The number of amides is 1. The van der Waals surface area contributed by atoms with E-state index in [1.165, 1.54) is 17.5 Å². The van der Waals surface area contributed by atoms with E-state index in [2.05, 4.69) is 73.9 Å². The Balaban J connectivity index is 1.22. The minimum absolute atomic E-state index is 0.308. The Morgan fingerprint density at radius 3 is 2.22 bits per heavy atom. The first-order chi connectivity index (χ1) is 15.8. The third-order valence-corrected chi connectivity index (χ3v) is 6.81. The number of imidazole rings is 1. The molecule has 1 amide bonds. The van der Waals surface area contributed by atoms with Gasteiger partial charge in [-0.05, 0) is 37.0 Å². The molecule has 1 aromatic heterocycles. The first-order valence-electron chi connectivity index (χ1n) is 12.0. The van der Waals surface area contributed by atoms with Gasteiger partial charge in [0.05, 0.1) is 24.1 Å². The van der Waals surface area contributed by atoms with E-state index in [9.17, 15) is 4.79 Å². The lowest BCUT2D eigenvalue weighted by atomic mass is 10.1. The normalized spacial score (nSPS) is 18.3. The second-order valence-corrected chi connectivity index (χ2v) is 9.08. The fourth-order valence-corrected chi connectivity index (χ4v) is 4.93. The summed E-state index contributed by atoms with van der Waals surface area (Å²) in [6, 6.07) is 19.0. The average molecular weight is 432 g/mol. The van der Waals surface area contributed by atoms with Crippen LogP contribution in [0.5, 0.6) is 0 Å². The minimum Gasteiger partial charge on any atom is -0.342 e. The van der Waals surface area contributed by atoms with Crippen LogP contribution < -0.4 is 0 Å². The Kier molecular flexibility index (Phi) is 6.51. The summed E-state index contributed by atoms with van der Waals surface area (Å²) in [5.74, 6) is 1.43. The number of aromatic nitrogens is 2. The van der Waals surface area contributed by atoms with Crippen molar-refractivity contribution in [3.63, 3.8) is 0 Å². The maximum absolute atomic E-state index is 12.6. The molecular formula is C26H33N5O. The number of hydrogen-bond acceptors (Lipinski definition) is 4. The number of carbonyl (C=O) groups excluding carboxylic acids is 1. The van der Waals surface area contributed by atoms with Crippen LogP contribution in [-0.4, -0.2) is 76.0 Å². The summed E-state index contributed by atoms with van der Waals surface area (Å²) in [6.07, 6.45) is 3.57. The van der Waals surface area contributed by atoms with Crippen molar-refractivity contribution < 1.29 is 4.79 Å². The van der Waals surface area contributed by atoms with Crippen molar-refractivity contribution in [3.8, 4) is 0 Å². The molecule has 0 unspecified atom stereocenters. The predicted molar refractivity (Wildman–Crippen MR) is 127 cm³/mol. The molecule has 0 bridgehead atoms. The fraction of sp³-hybridized carbons (Fsp3) is 0.462. The standard InChI is InChI=1S/C26H33N5O/c32-26(30-13-7-2-8-14-30)21-29-17-15-28(16-18-29)20-25-27-23-11-5-6-12-24(23)31(25)19-22-9-3-1-4-10-22/h1,3-6,9-12H,2,7-8,13-21H2. The van der Waals surface area contributed by atoms with E-state index in [0.717, 1.165) is 76.5 Å². The number of benzene rings is 2. The zero-order valence-electron chi connectivity index (χ0n) is 18.8. The van der Waals surface area contributed by atoms with Crippen molar-refractivity contribution in [1.82, 2.24) is 24.3 Å². The monoisotopic (exact) mass is 431 g/mol. The Hall–Kier alpha value is -2.70. The molecule has 2 aliphatic rings. The van der Waals surface area contributed by atoms with E-state index < -0.39 is 0 Å². The summed E-state index contributed by atoms with van der Waals surface area (Å²) in [5.41, 5.74) is 3.54. The number of nitrogens with zero attached hydrogens (tertiary/aromatic N) is 5. The molecule has 2 saturated heterocycles. The number of rotatable bonds is 6. The highest BCUT2D eigenvalue weighted by molar-refractivity contribution is 5.78. The molecule has 32 heavy (non-hydrogen) atoms. The maximum Gasteiger partial charge on any atom is 0.236 e. The number of likely N-dealkylation sites (tertiary alicyclic amines) is 1. The molecule has 5 rings (SSSR count). The molecule has 2 aliphatic heterocycles. The van der Waals surface area contributed by atoms with Crippen molar-refractivity contribution in [2.24, 2.45) is 0 Å². The van der Waals surface area contributed by atoms with Gasteiger partial charge in [-0.15, -0.1) is 0 Å². The molecule has 0 aliphatic carbocycles. The lowest BCUT2D eigenvalue weighted by Crippen LogP contribution is -2.50. The van der Waals surface area contributed by atoms with Gasteiger partial charge < -0.3 is 9.47 Å². The number of para-hydroxylation sites is 2. The van der Waals surface area contributed by atoms with E-state index in [4.69, 9.17) is 4.98 Å². The molecule has 3 aromatic rings. The Morgan fingerprint density at radius 1 is 0.750 bits per heavy atom. The van der Waals surface area contributed by atoms with Crippen molar-refractivity contribution in [1.29, 1.82) is 0 Å². The molecule has 0 radical (unpaired) electrons. The largest absolute Gasteiger partial charge is 0.342 e. The van der Waals surface area contributed by atoms with Gasteiger partial charge in [0.25, 0.3) is 0 Å². The molecule has 0 saturated carbocycles. The Morgan fingerprint density at radius 2 is 1.44 bits per heavy atom. The summed E-state index contributed by atoms with van der Waals surface area (Å²) in [6.45, 7) is 7.96. The highest BCUT2D eigenvalue weighted by Crippen LogP contribution is 2.20. The number of hydrogen-bond donors (Lipinski definition) is 0. The molecule has 3 heterocycles. The Bertz CT molecular complexity index is 1030. The van der Waals surface area contributed by atoms with Gasteiger partial charge in [-0.2, -0.15) is 0 Å². The Labute approximate surface area is 190 Å². The molecule has 6 heteroatoms. The third kappa shape index (κ3) is 4.87. The second-order valence-electron chi connectivity index (χ2n) is 9.08. The lowest BCUT2D eigenvalue weighted by molar-refractivity contribution is -0.133. The SMILES string of the molecule is O=C(CN1CCN(Cc2nc3ccccc3n2Cc2ccccc2)CC1)N1CCCCC1. The van der Waals surface area contributed by atoms with E-state index >= 15 is 0 Å². The van der Waals surface area contributed by atoms with Crippen LogP contribution in [0.3, 0.4) is 0 Å². The minimum atomic E-state index is 0.308. The van der Waals surface area contributed by atoms with Crippen LogP contribution in [0.25, 0.3) is 11.0 Å². The van der Waals surface area contributed by atoms with E-state index in [0.29, 0.717) is 12.5 Å². The number of carbonyl (C=O) groups is 1. The zero-order chi connectivity index (χ0) is 21.8. The number of fused-ring (bicyclic) bond motifs is 1. The van der Waals surface area contributed by atoms with Crippen LogP contribution in [0.15, 0.2) is 54.6 Å². The zero-order valence-corrected chi connectivity index (χ0v) is 18.8. The van der Waals surface area contributed by atoms with Gasteiger partial charge >= 0.3 is 0 Å². The van der Waals surface area contributed by atoms with E-state index in [1.54, 1.807) is 0 Å². The second kappa shape index (κ2) is 9.84. The van der Waals surface area contributed by atoms with Crippen LogP contribution in [0, 0.1) is 0 Å². The van der Waals surface area contributed by atoms with E-state index in [-0.39, 0.29) is 0 Å². The van der Waals surface area contributed by atoms with Crippen molar-refractivity contribution in [2.75, 3.05) is 45.8 Å². The molecule has 0 N–H and O–H groups in total. The predicted octanol–water partition coefficient (Wildman–Crippen LogP) is 3.21. The van der Waals surface area contributed by atoms with Gasteiger partial charge in [-0.1, -0.05) is 42.5 Å². The van der Waals surface area contributed by atoms with Gasteiger partial charge in [-0.25, -0.2) is 4.98 Å². The first-order valence-corrected chi connectivity index (χ1v) is 12.0. The van der Waals surface area contributed by atoms with Crippen LogP contribution in [0.2, 0.25) is 0 Å². The van der Waals surface area contributed by atoms with Crippen LogP contribution >= 0.6 is 0 Å². The van der Waals surface area contributed by atoms with Gasteiger partial charge in [0.15, 0.2) is 0 Å². The van der Waals surface area contributed by atoms with E-state index in [1.807, 2.05) is 0 Å².